The Hall–Kier alpha value is -3.32. The lowest BCUT2D eigenvalue weighted by Crippen LogP contribution is -2.14. The molecule has 0 amide bonds. The fourth-order valence-corrected chi connectivity index (χ4v) is 3.13. The van der Waals surface area contributed by atoms with Crippen molar-refractivity contribution in [3.05, 3.63) is 68.7 Å². The molecule has 28 heavy (non-hydrogen) atoms. The van der Waals surface area contributed by atoms with Gasteiger partial charge >= 0.3 is 5.97 Å². The van der Waals surface area contributed by atoms with Crippen LogP contribution in [0, 0.1) is 6.92 Å². The van der Waals surface area contributed by atoms with Gasteiger partial charge in [0.2, 0.25) is 6.79 Å². The van der Waals surface area contributed by atoms with Crippen molar-refractivity contribution in [3.8, 4) is 11.5 Å². The third-order valence-electron chi connectivity index (χ3n) is 4.20. The van der Waals surface area contributed by atoms with Crippen LogP contribution in [0.1, 0.15) is 17.0 Å². The lowest BCUT2D eigenvalue weighted by atomic mass is 10.1. The molecule has 2 aromatic carbocycles. The van der Waals surface area contributed by atoms with Gasteiger partial charge in [-0.1, -0.05) is 23.7 Å². The molecule has 1 aromatic heterocycles. The van der Waals surface area contributed by atoms with E-state index in [2.05, 4.69) is 9.97 Å². The van der Waals surface area contributed by atoms with Crippen molar-refractivity contribution in [2.24, 2.45) is 0 Å². The Labute approximate surface area is 164 Å². The average Bonchev–Trinajstić information content (AvgIpc) is 3.15. The highest BCUT2D eigenvalue weighted by Crippen LogP contribution is 2.40. The number of H-pyrrole nitrogens is 1. The standard InChI is InChI=1S/C20H15ClN2O5/c1-11-3-2-4-13-18(11)22-16(23-20(13)25)9-26-17(24)6-5-12-7-14(21)19-15(8-12)27-10-28-19/h2-8H,9-10H2,1H3,(H,22,23,25)/b6-5-. The van der Waals surface area contributed by atoms with Crippen molar-refractivity contribution >= 4 is 34.5 Å². The summed E-state index contributed by atoms with van der Waals surface area (Å²) in [6.07, 6.45) is 2.81. The Morgan fingerprint density at radius 2 is 2.21 bits per heavy atom. The number of nitrogens with zero attached hydrogens (tertiary/aromatic N) is 1. The van der Waals surface area contributed by atoms with Crippen LogP contribution in [-0.4, -0.2) is 22.7 Å². The Balaban J connectivity index is 1.46. The number of benzene rings is 2. The fourth-order valence-electron chi connectivity index (χ4n) is 2.86. The maximum atomic E-state index is 12.1. The summed E-state index contributed by atoms with van der Waals surface area (Å²) < 4.78 is 15.7. The van der Waals surface area contributed by atoms with Gasteiger partial charge in [0, 0.05) is 6.08 Å². The molecule has 1 N–H and O–H groups in total. The lowest BCUT2D eigenvalue weighted by molar-refractivity contribution is -0.139. The van der Waals surface area contributed by atoms with Crippen molar-refractivity contribution in [1.29, 1.82) is 0 Å². The number of carbonyl (C=O) groups is 1. The van der Waals surface area contributed by atoms with Crippen LogP contribution in [0.4, 0.5) is 0 Å². The predicted octanol–water partition coefficient (Wildman–Crippen LogP) is 3.37. The molecule has 0 saturated heterocycles. The maximum Gasteiger partial charge on any atom is 0.331 e. The number of aryl methyl sites for hydroxylation is 1. The van der Waals surface area contributed by atoms with Crippen molar-refractivity contribution in [2.45, 2.75) is 13.5 Å². The highest BCUT2D eigenvalue weighted by Gasteiger charge is 2.17. The first-order valence-electron chi connectivity index (χ1n) is 8.44. The van der Waals surface area contributed by atoms with E-state index in [0.29, 0.717) is 33.0 Å². The van der Waals surface area contributed by atoms with Crippen LogP contribution in [0.2, 0.25) is 5.02 Å². The summed E-state index contributed by atoms with van der Waals surface area (Å²) in [6.45, 7) is 1.83. The van der Waals surface area contributed by atoms with E-state index in [1.165, 1.54) is 6.08 Å². The molecule has 0 fully saturated rings. The largest absolute Gasteiger partial charge is 0.454 e. The molecule has 0 radical (unpaired) electrons. The molecule has 3 aromatic rings. The highest BCUT2D eigenvalue weighted by molar-refractivity contribution is 6.32. The van der Waals surface area contributed by atoms with E-state index in [9.17, 15) is 9.59 Å². The molecule has 4 rings (SSSR count). The third-order valence-corrected chi connectivity index (χ3v) is 4.48. The monoisotopic (exact) mass is 398 g/mol. The van der Waals surface area contributed by atoms with Crippen LogP contribution in [0.5, 0.6) is 11.5 Å². The summed E-state index contributed by atoms with van der Waals surface area (Å²) >= 11 is 6.11. The van der Waals surface area contributed by atoms with Gasteiger partial charge in [-0.25, -0.2) is 9.78 Å². The van der Waals surface area contributed by atoms with Crippen molar-refractivity contribution < 1.29 is 19.0 Å². The number of fused-ring (bicyclic) bond motifs is 2. The van der Waals surface area contributed by atoms with E-state index in [1.54, 1.807) is 30.3 Å². The average molecular weight is 399 g/mol. The molecule has 142 valence electrons. The SMILES string of the molecule is Cc1cccc2c(=O)[nH]c(COC(=O)/C=C\c3cc(Cl)c4c(c3)OCO4)nc12. The van der Waals surface area contributed by atoms with Gasteiger partial charge in [0.05, 0.1) is 15.9 Å². The number of ether oxygens (including phenoxy) is 3. The van der Waals surface area contributed by atoms with Gasteiger partial charge in [-0.05, 0) is 42.3 Å². The molecule has 0 atom stereocenters. The number of hydrogen-bond donors (Lipinski definition) is 1. The van der Waals surface area contributed by atoms with E-state index in [1.807, 2.05) is 13.0 Å². The second-order valence-corrected chi connectivity index (χ2v) is 6.57. The molecule has 0 unspecified atom stereocenters. The van der Waals surface area contributed by atoms with Gasteiger partial charge in [-0.15, -0.1) is 0 Å². The Morgan fingerprint density at radius 1 is 1.36 bits per heavy atom. The van der Waals surface area contributed by atoms with Gasteiger partial charge in [0.1, 0.15) is 12.4 Å². The first kappa shape index (κ1) is 18.1. The quantitative estimate of drug-likeness (QED) is 0.535. The number of halogens is 1. The van der Waals surface area contributed by atoms with Crippen LogP contribution in [0.3, 0.4) is 0 Å². The molecular weight excluding hydrogens is 384 g/mol. The number of aromatic amines is 1. The molecule has 1 aliphatic heterocycles. The zero-order valence-corrected chi connectivity index (χ0v) is 15.6. The van der Waals surface area contributed by atoms with E-state index >= 15 is 0 Å². The number of nitrogens with one attached hydrogen (secondary N) is 1. The Bertz CT molecular complexity index is 1170. The number of esters is 1. The molecule has 0 aliphatic carbocycles. The zero-order valence-electron chi connectivity index (χ0n) is 14.8. The zero-order chi connectivity index (χ0) is 19.7. The second kappa shape index (κ2) is 7.36. The van der Waals surface area contributed by atoms with Crippen LogP contribution in [0.15, 0.2) is 41.2 Å². The summed E-state index contributed by atoms with van der Waals surface area (Å²) in [6, 6.07) is 8.72. The van der Waals surface area contributed by atoms with E-state index in [4.69, 9.17) is 25.8 Å². The maximum absolute atomic E-state index is 12.1. The Morgan fingerprint density at radius 3 is 3.07 bits per heavy atom. The first-order chi connectivity index (χ1) is 13.5. The third kappa shape index (κ3) is 3.57. The molecule has 1 aliphatic rings. The molecule has 8 heteroatoms. The Kier molecular flexibility index (Phi) is 4.75. The van der Waals surface area contributed by atoms with Crippen LogP contribution < -0.4 is 15.0 Å². The van der Waals surface area contributed by atoms with Crippen molar-refractivity contribution in [1.82, 2.24) is 9.97 Å². The number of para-hydroxylation sites is 1. The smallest absolute Gasteiger partial charge is 0.331 e. The first-order valence-corrected chi connectivity index (χ1v) is 8.81. The normalized spacial score (nSPS) is 12.6. The lowest BCUT2D eigenvalue weighted by Gasteiger charge is -2.05. The summed E-state index contributed by atoms with van der Waals surface area (Å²) in [5, 5.41) is 0.894. The molecule has 0 bridgehead atoms. The summed E-state index contributed by atoms with van der Waals surface area (Å²) in [5.41, 5.74) is 1.85. The summed E-state index contributed by atoms with van der Waals surface area (Å²) in [5.74, 6) is 0.706. The number of carbonyl (C=O) groups excluding carboxylic acids is 1. The van der Waals surface area contributed by atoms with E-state index in [0.717, 1.165) is 5.56 Å². The minimum absolute atomic E-state index is 0.112. The molecule has 2 heterocycles. The van der Waals surface area contributed by atoms with Gasteiger partial charge < -0.3 is 19.2 Å². The van der Waals surface area contributed by atoms with Gasteiger partial charge in [-0.3, -0.25) is 4.79 Å². The second-order valence-electron chi connectivity index (χ2n) is 6.16. The van der Waals surface area contributed by atoms with E-state index in [-0.39, 0.29) is 24.8 Å². The minimum Gasteiger partial charge on any atom is -0.454 e. The van der Waals surface area contributed by atoms with Crippen LogP contribution in [0.25, 0.3) is 17.0 Å². The molecule has 0 spiro atoms. The molecular formula is C20H15ClN2O5. The number of aromatic nitrogens is 2. The predicted molar refractivity (Wildman–Crippen MR) is 104 cm³/mol. The number of hydrogen-bond acceptors (Lipinski definition) is 6. The summed E-state index contributed by atoms with van der Waals surface area (Å²) in [4.78, 5) is 31.2. The van der Waals surface area contributed by atoms with Crippen LogP contribution >= 0.6 is 11.6 Å². The minimum atomic E-state index is -0.582. The van der Waals surface area contributed by atoms with Crippen molar-refractivity contribution in [2.75, 3.05) is 6.79 Å². The van der Waals surface area contributed by atoms with E-state index < -0.39 is 5.97 Å². The fraction of sp³-hybridized carbons (Fsp3) is 0.150. The molecule has 0 saturated carbocycles. The topological polar surface area (TPSA) is 90.5 Å². The van der Waals surface area contributed by atoms with Crippen LogP contribution in [-0.2, 0) is 16.1 Å². The van der Waals surface area contributed by atoms with Gasteiger partial charge in [0.15, 0.2) is 11.5 Å². The molecule has 7 nitrogen and oxygen atoms in total. The highest BCUT2D eigenvalue weighted by atomic mass is 35.5. The van der Waals surface area contributed by atoms with Gasteiger partial charge in [0.25, 0.3) is 5.56 Å². The summed E-state index contributed by atoms with van der Waals surface area (Å²) in [7, 11) is 0. The van der Waals surface area contributed by atoms with Crippen molar-refractivity contribution in [3.63, 3.8) is 0 Å². The van der Waals surface area contributed by atoms with Gasteiger partial charge in [-0.2, -0.15) is 0 Å². The number of rotatable bonds is 4.